The highest BCUT2D eigenvalue weighted by molar-refractivity contribution is 5.82. The van der Waals surface area contributed by atoms with Crippen molar-refractivity contribution < 1.29 is 18.3 Å². The van der Waals surface area contributed by atoms with Gasteiger partial charge in [0.1, 0.15) is 5.56 Å². The van der Waals surface area contributed by atoms with Crippen LogP contribution in [-0.4, -0.2) is 37.0 Å². The average Bonchev–Trinajstić information content (AvgIpc) is 3.13. The first-order valence-electron chi connectivity index (χ1n) is 7.99. The number of aliphatic imine (C=N–C) groups is 1. The number of halogens is 3. The molecule has 1 aromatic carbocycles. The van der Waals surface area contributed by atoms with Gasteiger partial charge in [0, 0.05) is 25.2 Å². The van der Waals surface area contributed by atoms with Crippen LogP contribution in [0.25, 0.3) is 5.69 Å². The molecule has 0 aliphatic carbocycles. The number of H-pyrrole nitrogens is 1. The Morgan fingerprint density at radius 2 is 2.07 bits per heavy atom. The molecule has 0 saturated carbocycles. The van der Waals surface area contributed by atoms with Crippen molar-refractivity contribution in [1.29, 1.82) is 0 Å². The summed E-state index contributed by atoms with van der Waals surface area (Å²) in [6, 6.07) is 3.82. The van der Waals surface area contributed by atoms with Crippen LogP contribution in [0.2, 0.25) is 0 Å². The van der Waals surface area contributed by atoms with Crippen LogP contribution in [0.4, 0.5) is 13.2 Å². The van der Waals surface area contributed by atoms with Crippen molar-refractivity contribution >= 4 is 6.21 Å². The third-order valence-electron chi connectivity index (χ3n) is 3.82. The van der Waals surface area contributed by atoms with Gasteiger partial charge >= 0.3 is 11.9 Å². The molecule has 0 fully saturated rings. The maximum absolute atomic E-state index is 12.9. The summed E-state index contributed by atoms with van der Waals surface area (Å²) in [4.78, 5) is 33.9. The lowest BCUT2D eigenvalue weighted by Gasteiger charge is -2.12. The molecule has 3 aromatic rings. The molecule has 11 heteroatoms. The fraction of sp³-hybridized carbons (Fsp3) is 0.176. The first-order chi connectivity index (χ1) is 13.3. The van der Waals surface area contributed by atoms with Crippen LogP contribution >= 0.6 is 0 Å². The monoisotopic (exact) mass is 393 g/mol. The molecule has 2 N–H and O–H groups in total. The molecule has 0 unspecified atom stereocenters. The van der Waals surface area contributed by atoms with E-state index in [2.05, 4.69) is 9.98 Å². The first kappa shape index (κ1) is 19.1. The average molecular weight is 393 g/mol. The molecular weight excluding hydrogens is 379 g/mol. The molecule has 146 valence electrons. The lowest BCUT2D eigenvalue weighted by Crippen LogP contribution is -2.31. The number of hydrogen-bond donors (Lipinski definition) is 2. The van der Waals surface area contributed by atoms with Crippen molar-refractivity contribution in [3.05, 3.63) is 75.0 Å². The fourth-order valence-electron chi connectivity index (χ4n) is 2.46. The second-order valence-electron chi connectivity index (χ2n) is 5.72. The molecule has 0 radical (unpaired) electrons. The zero-order valence-electron chi connectivity index (χ0n) is 14.2. The zero-order chi connectivity index (χ0) is 20.3. The number of aromatic nitrogens is 4. The number of hydrogen-bond acceptors (Lipinski definition) is 5. The number of benzene rings is 1. The topological polar surface area (TPSA) is 105 Å². The van der Waals surface area contributed by atoms with Gasteiger partial charge in [0.15, 0.2) is 0 Å². The summed E-state index contributed by atoms with van der Waals surface area (Å²) in [7, 11) is 0. The molecule has 0 amide bonds. The zero-order valence-corrected chi connectivity index (χ0v) is 14.2. The van der Waals surface area contributed by atoms with E-state index >= 15 is 0 Å². The quantitative estimate of drug-likeness (QED) is 0.642. The van der Waals surface area contributed by atoms with E-state index in [0.29, 0.717) is 17.2 Å². The first-order valence-corrected chi connectivity index (χ1v) is 7.99. The summed E-state index contributed by atoms with van der Waals surface area (Å²) in [6.07, 6.45) is 1.32. The number of aromatic hydroxyl groups is 1. The smallest absolute Gasteiger partial charge is 0.416 e. The van der Waals surface area contributed by atoms with E-state index in [1.54, 1.807) is 23.3 Å². The molecule has 2 heterocycles. The number of alkyl halides is 3. The van der Waals surface area contributed by atoms with Crippen molar-refractivity contribution in [2.75, 3.05) is 6.54 Å². The molecule has 0 spiro atoms. The normalized spacial score (nSPS) is 12.0. The molecule has 0 saturated heterocycles. The van der Waals surface area contributed by atoms with Gasteiger partial charge in [-0.2, -0.15) is 13.2 Å². The minimum atomic E-state index is -4.63. The van der Waals surface area contributed by atoms with Gasteiger partial charge in [0.2, 0.25) is 5.88 Å². The van der Waals surface area contributed by atoms with E-state index < -0.39 is 28.9 Å². The highest BCUT2D eigenvalue weighted by atomic mass is 19.4. The summed E-state index contributed by atoms with van der Waals surface area (Å²) in [5, 5.41) is 10.3. The van der Waals surface area contributed by atoms with Gasteiger partial charge in [-0.15, -0.1) is 0 Å². The van der Waals surface area contributed by atoms with Crippen LogP contribution in [0.15, 0.2) is 57.6 Å². The minimum absolute atomic E-state index is 0.248. The van der Waals surface area contributed by atoms with Crippen LogP contribution in [-0.2, 0) is 12.7 Å². The molecule has 0 atom stereocenters. The number of imidazole rings is 1. The van der Waals surface area contributed by atoms with Gasteiger partial charge in [-0.05, 0) is 18.2 Å². The van der Waals surface area contributed by atoms with Crippen LogP contribution in [0.1, 0.15) is 11.1 Å². The predicted molar refractivity (Wildman–Crippen MR) is 94.0 cm³/mol. The van der Waals surface area contributed by atoms with Crippen LogP contribution in [0.5, 0.6) is 5.88 Å². The Hall–Kier alpha value is -3.63. The summed E-state index contributed by atoms with van der Waals surface area (Å²) < 4.78 is 41.1. The van der Waals surface area contributed by atoms with Crippen molar-refractivity contribution in [1.82, 2.24) is 19.1 Å². The Bertz CT molecular complexity index is 1110. The van der Waals surface area contributed by atoms with Gasteiger partial charge in [0.05, 0.1) is 24.1 Å². The van der Waals surface area contributed by atoms with Crippen molar-refractivity contribution in [3.63, 3.8) is 0 Å². The molecule has 0 aliphatic rings. The Morgan fingerprint density at radius 3 is 2.75 bits per heavy atom. The Kier molecular flexibility index (Phi) is 5.16. The molecule has 28 heavy (non-hydrogen) atoms. The number of aromatic amines is 1. The van der Waals surface area contributed by atoms with E-state index in [1.165, 1.54) is 6.07 Å². The van der Waals surface area contributed by atoms with E-state index in [-0.39, 0.29) is 17.8 Å². The van der Waals surface area contributed by atoms with E-state index in [1.807, 2.05) is 4.98 Å². The molecule has 0 aliphatic heterocycles. The van der Waals surface area contributed by atoms with E-state index in [4.69, 9.17) is 0 Å². The van der Waals surface area contributed by atoms with Crippen LogP contribution in [0.3, 0.4) is 0 Å². The summed E-state index contributed by atoms with van der Waals surface area (Å²) in [5.41, 5.74) is -3.57. The molecule has 3 rings (SSSR count). The van der Waals surface area contributed by atoms with Gasteiger partial charge < -0.3 is 9.67 Å². The third-order valence-corrected chi connectivity index (χ3v) is 3.82. The van der Waals surface area contributed by atoms with Gasteiger partial charge in [0.25, 0.3) is 5.56 Å². The number of nitrogens with zero attached hydrogens (tertiary/aromatic N) is 4. The van der Waals surface area contributed by atoms with Crippen molar-refractivity contribution in [2.24, 2.45) is 4.99 Å². The molecule has 8 nitrogen and oxygen atoms in total. The second kappa shape index (κ2) is 7.55. The van der Waals surface area contributed by atoms with Crippen LogP contribution < -0.4 is 11.2 Å². The minimum Gasteiger partial charge on any atom is -0.493 e. The Labute approximate surface area is 155 Å². The van der Waals surface area contributed by atoms with Gasteiger partial charge in [-0.1, -0.05) is 6.07 Å². The SMILES string of the molecule is O=c1[nH]c(=O)n(-c2cccc(C(F)(F)F)c2)c(O)c1C=NCCn1ccnc1. The van der Waals surface area contributed by atoms with E-state index in [0.717, 1.165) is 18.3 Å². The molecule has 2 aromatic heterocycles. The maximum atomic E-state index is 12.9. The highest BCUT2D eigenvalue weighted by Crippen LogP contribution is 2.30. The predicted octanol–water partition coefficient (Wildman–Crippen LogP) is 1.57. The summed E-state index contributed by atoms with van der Waals surface area (Å²) in [6.45, 7) is 0.709. The standard InChI is InChI=1S/C17H14F3N5O3/c18-17(19,20)11-2-1-3-12(8-11)25-15(27)13(14(26)23-16(25)28)9-21-4-6-24-7-5-22-10-24/h1-3,5,7-10,27H,4,6H2,(H,23,26,28). The summed E-state index contributed by atoms with van der Waals surface area (Å²) in [5.74, 6) is -0.806. The molecule has 0 bridgehead atoms. The Balaban J connectivity index is 1.96. The molecular formula is C17H14F3N5O3. The van der Waals surface area contributed by atoms with Crippen LogP contribution in [0, 0.1) is 0 Å². The van der Waals surface area contributed by atoms with Gasteiger partial charge in [-0.3, -0.25) is 14.8 Å². The largest absolute Gasteiger partial charge is 0.493 e. The van der Waals surface area contributed by atoms with E-state index in [9.17, 15) is 27.9 Å². The van der Waals surface area contributed by atoms with Crippen molar-refractivity contribution in [2.45, 2.75) is 12.7 Å². The lowest BCUT2D eigenvalue weighted by molar-refractivity contribution is -0.137. The number of nitrogens with one attached hydrogen (secondary N) is 1. The second-order valence-corrected chi connectivity index (χ2v) is 5.72. The third kappa shape index (κ3) is 4.03. The van der Waals surface area contributed by atoms with Crippen molar-refractivity contribution in [3.8, 4) is 11.6 Å². The lowest BCUT2D eigenvalue weighted by atomic mass is 10.2. The highest BCUT2D eigenvalue weighted by Gasteiger charge is 2.30. The maximum Gasteiger partial charge on any atom is 0.416 e. The van der Waals surface area contributed by atoms with Gasteiger partial charge in [-0.25, -0.2) is 14.3 Å². The summed E-state index contributed by atoms with van der Waals surface area (Å²) >= 11 is 0. The Morgan fingerprint density at radius 1 is 1.29 bits per heavy atom. The number of rotatable bonds is 5. The fourth-order valence-corrected chi connectivity index (χ4v) is 2.46.